The van der Waals surface area contributed by atoms with Crippen LogP contribution in [0.15, 0.2) is 54.6 Å². The van der Waals surface area contributed by atoms with Crippen molar-refractivity contribution in [2.45, 2.75) is 52.1 Å². The summed E-state index contributed by atoms with van der Waals surface area (Å²) in [4.78, 5) is 0. The summed E-state index contributed by atoms with van der Waals surface area (Å²) in [5.41, 5.74) is 3.97. The molecule has 0 aliphatic rings. The molecular weight excluding hydrogens is 254 g/mol. The molecule has 0 aliphatic carbocycles. The van der Waals surface area contributed by atoms with Crippen molar-refractivity contribution >= 4 is 0 Å². The van der Waals surface area contributed by atoms with Crippen LogP contribution >= 0.6 is 0 Å². The van der Waals surface area contributed by atoms with Crippen molar-refractivity contribution in [1.82, 2.24) is 5.32 Å². The van der Waals surface area contributed by atoms with Crippen LogP contribution in [-0.2, 0) is 0 Å². The van der Waals surface area contributed by atoms with Crippen LogP contribution < -0.4 is 5.32 Å². The Labute approximate surface area is 129 Å². The van der Waals surface area contributed by atoms with Crippen molar-refractivity contribution in [3.63, 3.8) is 0 Å². The smallest absolute Gasteiger partial charge is 0.0322 e. The molecule has 0 amide bonds. The van der Waals surface area contributed by atoms with E-state index in [9.17, 15) is 0 Å². The fraction of sp³-hybridized carbons (Fsp3) is 0.400. The molecule has 0 spiro atoms. The molecule has 1 N–H and O–H groups in total. The van der Waals surface area contributed by atoms with Gasteiger partial charge in [0.2, 0.25) is 0 Å². The fourth-order valence-corrected chi connectivity index (χ4v) is 2.70. The topological polar surface area (TPSA) is 12.0 Å². The van der Waals surface area contributed by atoms with Gasteiger partial charge < -0.3 is 5.32 Å². The highest BCUT2D eigenvalue weighted by atomic mass is 14.9. The van der Waals surface area contributed by atoms with Gasteiger partial charge in [-0.2, -0.15) is 0 Å². The van der Waals surface area contributed by atoms with Gasteiger partial charge >= 0.3 is 0 Å². The highest BCUT2D eigenvalue weighted by Crippen LogP contribution is 2.24. The summed E-state index contributed by atoms with van der Waals surface area (Å²) in [7, 11) is 0. The van der Waals surface area contributed by atoms with Crippen LogP contribution in [-0.4, -0.2) is 6.04 Å². The van der Waals surface area contributed by atoms with Crippen molar-refractivity contribution in [2.75, 3.05) is 0 Å². The van der Waals surface area contributed by atoms with Gasteiger partial charge in [-0.25, -0.2) is 0 Å². The van der Waals surface area contributed by atoms with Gasteiger partial charge in [0.15, 0.2) is 0 Å². The Hall–Kier alpha value is -1.60. The van der Waals surface area contributed by atoms with E-state index in [1.807, 2.05) is 0 Å². The number of hydrogen-bond donors (Lipinski definition) is 1. The molecule has 1 atom stereocenters. The standard InChI is InChI=1S/C20H27N/c1-4-5-11-20(21-16(2)3)19-14-12-18(13-15-19)17-9-7-6-8-10-17/h6-10,12-16,20-21H,4-5,11H2,1-3H3. The van der Waals surface area contributed by atoms with Gasteiger partial charge in [0, 0.05) is 12.1 Å². The van der Waals surface area contributed by atoms with Gasteiger partial charge in [-0.3, -0.25) is 0 Å². The molecule has 1 unspecified atom stereocenters. The average Bonchev–Trinajstić information content (AvgIpc) is 2.52. The van der Waals surface area contributed by atoms with Crippen molar-refractivity contribution in [2.24, 2.45) is 0 Å². The van der Waals surface area contributed by atoms with E-state index in [2.05, 4.69) is 80.7 Å². The first kappa shape index (κ1) is 15.8. The molecule has 0 aromatic heterocycles. The maximum absolute atomic E-state index is 3.69. The Balaban J connectivity index is 2.15. The molecular formula is C20H27N. The molecule has 0 saturated heterocycles. The summed E-state index contributed by atoms with van der Waals surface area (Å²) in [5, 5.41) is 3.69. The molecule has 0 bridgehead atoms. The van der Waals surface area contributed by atoms with E-state index in [1.54, 1.807) is 0 Å². The van der Waals surface area contributed by atoms with E-state index >= 15 is 0 Å². The van der Waals surface area contributed by atoms with Crippen LogP contribution in [0.2, 0.25) is 0 Å². The van der Waals surface area contributed by atoms with E-state index in [1.165, 1.54) is 36.0 Å². The highest BCUT2D eigenvalue weighted by molar-refractivity contribution is 5.63. The second kappa shape index (κ2) is 7.99. The third kappa shape index (κ3) is 4.71. The number of rotatable bonds is 7. The minimum Gasteiger partial charge on any atom is -0.308 e. The van der Waals surface area contributed by atoms with Crippen LogP contribution in [0.1, 0.15) is 51.6 Å². The van der Waals surface area contributed by atoms with Crippen LogP contribution in [0, 0.1) is 0 Å². The highest BCUT2D eigenvalue weighted by Gasteiger charge is 2.12. The second-order valence-corrected chi connectivity index (χ2v) is 6.00. The van der Waals surface area contributed by atoms with E-state index in [4.69, 9.17) is 0 Å². The third-order valence-corrected chi connectivity index (χ3v) is 3.80. The SMILES string of the molecule is CCCCC(NC(C)C)c1ccc(-c2ccccc2)cc1. The summed E-state index contributed by atoms with van der Waals surface area (Å²) < 4.78 is 0. The first-order valence-corrected chi connectivity index (χ1v) is 8.12. The Morgan fingerprint density at radius 3 is 2.05 bits per heavy atom. The molecule has 0 heterocycles. The molecule has 1 heteroatoms. The minimum atomic E-state index is 0.467. The third-order valence-electron chi connectivity index (χ3n) is 3.80. The molecule has 0 aliphatic heterocycles. The van der Waals surface area contributed by atoms with E-state index in [-0.39, 0.29) is 0 Å². The second-order valence-electron chi connectivity index (χ2n) is 6.00. The molecule has 2 rings (SSSR count). The van der Waals surface area contributed by atoms with Gasteiger partial charge in [0.25, 0.3) is 0 Å². The summed E-state index contributed by atoms with van der Waals surface area (Å²) in [6, 6.07) is 20.6. The number of hydrogen-bond acceptors (Lipinski definition) is 1. The lowest BCUT2D eigenvalue weighted by Crippen LogP contribution is -2.28. The lowest BCUT2D eigenvalue weighted by atomic mass is 9.97. The van der Waals surface area contributed by atoms with Gasteiger partial charge in [-0.15, -0.1) is 0 Å². The monoisotopic (exact) mass is 281 g/mol. The molecule has 0 fully saturated rings. The van der Waals surface area contributed by atoms with Crippen molar-refractivity contribution in [3.05, 3.63) is 60.2 Å². The van der Waals surface area contributed by atoms with Gasteiger partial charge in [-0.05, 0) is 23.1 Å². The fourth-order valence-electron chi connectivity index (χ4n) is 2.70. The molecule has 2 aromatic rings. The van der Waals surface area contributed by atoms with Crippen LogP contribution in [0.3, 0.4) is 0 Å². The largest absolute Gasteiger partial charge is 0.308 e. The predicted molar refractivity (Wildman–Crippen MR) is 92.4 cm³/mol. The normalized spacial score (nSPS) is 12.6. The average molecular weight is 281 g/mol. The van der Waals surface area contributed by atoms with Gasteiger partial charge in [-0.1, -0.05) is 88.2 Å². The first-order valence-electron chi connectivity index (χ1n) is 8.12. The zero-order chi connectivity index (χ0) is 15.1. The molecule has 2 aromatic carbocycles. The predicted octanol–water partition coefficient (Wildman–Crippen LogP) is 5.58. The number of benzene rings is 2. The Kier molecular flexibility index (Phi) is 6.01. The maximum atomic E-state index is 3.69. The minimum absolute atomic E-state index is 0.467. The molecule has 112 valence electrons. The van der Waals surface area contributed by atoms with E-state index < -0.39 is 0 Å². The number of nitrogens with one attached hydrogen (secondary N) is 1. The molecule has 0 radical (unpaired) electrons. The van der Waals surface area contributed by atoms with Crippen LogP contribution in [0.25, 0.3) is 11.1 Å². The zero-order valence-corrected chi connectivity index (χ0v) is 13.5. The molecule has 21 heavy (non-hydrogen) atoms. The molecule has 0 saturated carbocycles. The summed E-state index contributed by atoms with van der Waals surface area (Å²) in [6.45, 7) is 6.69. The Bertz CT molecular complexity index is 513. The van der Waals surface area contributed by atoms with Gasteiger partial charge in [0.1, 0.15) is 0 Å². The maximum Gasteiger partial charge on any atom is 0.0322 e. The first-order chi connectivity index (χ1) is 10.2. The quantitative estimate of drug-likeness (QED) is 0.698. The Morgan fingerprint density at radius 1 is 0.857 bits per heavy atom. The summed E-state index contributed by atoms with van der Waals surface area (Å²) >= 11 is 0. The summed E-state index contributed by atoms with van der Waals surface area (Å²) in [6.07, 6.45) is 3.72. The van der Waals surface area contributed by atoms with Crippen molar-refractivity contribution < 1.29 is 0 Å². The van der Waals surface area contributed by atoms with Crippen molar-refractivity contribution in [3.8, 4) is 11.1 Å². The Morgan fingerprint density at radius 2 is 1.48 bits per heavy atom. The lowest BCUT2D eigenvalue weighted by Gasteiger charge is -2.22. The van der Waals surface area contributed by atoms with E-state index in [0.717, 1.165) is 0 Å². The van der Waals surface area contributed by atoms with Gasteiger partial charge in [0.05, 0.1) is 0 Å². The van der Waals surface area contributed by atoms with Crippen LogP contribution in [0.4, 0.5) is 0 Å². The van der Waals surface area contributed by atoms with Crippen molar-refractivity contribution in [1.29, 1.82) is 0 Å². The zero-order valence-electron chi connectivity index (χ0n) is 13.5. The van der Waals surface area contributed by atoms with Crippen LogP contribution in [0.5, 0.6) is 0 Å². The number of unbranched alkanes of at least 4 members (excludes halogenated alkanes) is 1. The summed E-state index contributed by atoms with van der Waals surface area (Å²) in [5.74, 6) is 0. The molecule has 1 nitrogen and oxygen atoms in total. The van der Waals surface area contributed by atoms with E-state index in [0.29, 0.717) is 12.1 Å². The lowest BCUT2D eigenvalue weighted by molar-refractivity contribution is 0.440.